The van der Waals surface area contributed by atoms with Crippen molar-refractivity contribution in [2.45, 2.75) is 57.4 Å². The predicted molar refractivity (Wildman–Crippen MR) is 95.5 cm³/mol. The van der Waals surface area contributed by atoms with Crippen LogP contribution in [0.25, 0.3) is 10.6 Å². The van der Waals surface area contributed by atoms with Gasteiger partial charge in [-0.15, -0.1) is 11.3 Å². The van der Waals surface area contributed by atoms with Crippen molar-refractivity contribution in [3.63, 3.8) is 0 Å². The zero-order valence-electron chi connectivity index (χ0n) is 13.5. The van der Waals surface area contributed by atoms with E-state index in [-0.39, 0.29) is 5.91 Å². The number of aromatic nitrogens is 1. The molecule has 1 amide bonds. The van der Waals surface area contributed by atoms with Crippen molar-refractivity contribution in [2.24, 2.45) is 0 Å². The average molecular weight is 328 g/mol. The number of rotatable bonds is 4. The van der Waals surface area contributed by atoms with Crippen molar-refractivity contribution in [3.8, 4) is 10.6 Å². The highest BCUT2D eigenvalue weighted by Crippen LogP contribution is 2.23. The SMILES string of the molecule is O=C(Cc1csc(-c2ccccc2)n1)NC1CCCCCCC1. The number of amides is 1. The summed E-state index contributed by atoms with van der Waals surface area (Å²) < 4.78 is 0. The zero-order chi connectivity index (χ0) is 15.9. The second-order valence-corrected chi connectivity index (χ2v) is 7.15. The monoisotopic (exact) mass is 328 g/mol. The van der Waals surface area contributed by atoms with Gasteiger partial charge in [-0.05, 0) is 12.8 Å². The number of carbonyl (C=O) groups is 1. The molecule has 2 aromatic rings. The topological polar surface area (TPSA) is 42.0 Å². The first kappa shape index (κ1) is 16.2. The molecule has 0 bridgehead atoms. The lowest BCUT2D eigenvalue weighted by atomic mass is 9.96. The molecule has 0 saturated heterocycles. The Morgan fingerprint density at radius 2 is 1.78 bits per heavy atom. The molecule has 3 rings (SSSR count). The maximum Gasteiger partial charge on any atom is 0.226 e. The Bertz CT molecular complexity index is 615. The van der Waals surface area contributed by atoms with Crippen LogP contribution in [-0.4, -0.2) is 16.9 Å². The van der Waals surface area contributed by atoms with E-state index in [2.05, 4.69) is 22.4 Å². The van der Waals surface area contributed by atoms with Crippen LogP contribution < -0.4 is 5.32 Å². The summed E-state index contributed by atoms with van der Waals surface area (Å²) >= 11 is 1.61. The van der Waals surface area contributed by atoms with Gasteiger partial charge in [0.05, 0.1) is 12.1 Å². The van der Waals surface area contributed by atoms with Crippen LogP contribution in [0.15, 0.2) is 35.7 Å². The summed E-state index contributed by atoms with van der Waals surface area (Å²) in [6, 6.07) is 10.5. The van der Waals surface area contributed by atoms with E-state index in [1.165, 1.54) is 32.1 Å². The lowest BCUT2D eigenvalue weighted by Gasteiger charge is -2.20. The van der Waals surface area contributed by atoms with Gasteiger partial charge >= 0.3 is 0 Å². The fourth-order valence-electron chi connectivity index (χ4n) is 3.15. The van der Waals surface area contributed by atoms with Gasteiger partial charge in [-0.25, -0.2) is 4.98 Å². The van der Waals surface area contributed by atoms with Crippen molar-refractivity contribution >= 4 is 17.2 Å². The molecule has 0 spiro atoms. The summed E-state index contributed by atoms with van der Waals surface area (Å²) in [4.78, 5) is 16.9. The highest BCUT2D eigenvalue weighted by Gasteiger charge is 2.15. The molecule has 3 nitrogen and oxygen atoms in total. The van der Waals surface area contributed by atoms with Crippen LogP contribution in [0.2, 0.25) is 0 Å². The maximum absolute atomic E-state index is 12.3. The molecule has 1 aromatic heterocycles. The summed E-state index contributed by atoms with van der Waals surface area (Å²) in [6.45, 7) is 0. The Morgan fingerprint density at radius 1 is 1.09 bits per heavy atom. The highest BCUT2D eigenvalue weighted by molar-refractivity contribution is 7.13. The molecule has 122 valence electrons. The Balaban J connectivity index is 1.54. The van der Waals surface area contributed by atoms with Gasteiger partial charge in [-0.2, -0.15) is 0 Å². The number of benzene rings is 1. The standard InChI is InChI=1S/C19H24N2OS/c22-18(20-16-11-7-2-1-3-8-12-16)13-17-14-23-19(21-17)15-9-5-4-6-10-15/h4-6,9-10,14,16H,1-3,7-8,11-13H2,(H,20,22). The third-order valence-electron chi connectivity index (χ3n) is 4.38. The van der Waals surface area contributed by atoms with Gasteiger partial charge < -0.3 is 5.32 Å². The predicted octanol–water partition coefficient (Wildman–Crippen LogP) is 4.58. The van der Waals surface area contributed by atoms with E-state index in [1.54, 1.807) is 11.3 Å². The van der Waals surface area contributed by atoms with E-state index in [1.807, 2.05) is 23.6 Å². The number of thiazole rings is 1. The molecule has 1 heterocycles. The second-order valence-electron chi connectivity index (χ2n) is 6.30. The quantitative estimate of drug-likeness (QED) is 0.892. The van der Waals surface area contributed by atoms with Crippen LogP contribution >= 0.6 is 11.3 Å². The van der Waals surface area contributed by atoms with E-state index in [0.717, 1.165) is 29.1 Å². The first-order chi connectivity index (χ1) is 11.3. The van der Waals surface area contributed by atoms with Crippen molar-refractivity contribution in [1.82, 2.24) is 10.3 Å². The van der Waals surface area contributed by atoms with E-state index >= 15 is 0 Å². The summed E-state index contributed by atoms with van der Waals surface area (Å²) in [5.41, 5.74) is 1.99. The summed E-state index contributed by atoms with van der Waals surface area (Å²) in [5, 5.41) is 6.20. The lowest BCUT2D eigenvalue weighted by Crippen LogP contribution is -2.36. The maximum atomic E-state index is 12.3. The molecule has 1 saturated carbocycles. The van der Waals surface area contributed by atoms with Crippen LogP contribution in [0, 0.1) is 0 Å². The molecule has 23 heavy (non-hydrogen) atoms. The molecule has 0 unspecified atom stereocenters. The molecule has 1 aliphatic rings. The number of hydrogen-bond acceptors (Lipinski definition) is 3. The molecular formula is C19H24N2OS. The number of nitrogens with zero attached hydrogens (tertiary/aromatic N) is 1. The summed E-state index contributed by atoms with van der Waals surface area (Å²) in [7, 11) is 0. The van der Waals surface area contributed by atoms with Crippen LogP contribution in [-0.2, 0) is 11.2 Å². The smallest absolute Gasteiger partial charge is 0.226 e. The van der Waals surface area contributed by atoms with E-state index < -0.39 is 0 Å². The van der Waals surface area contributed by atoms with Crippen LogP contribution in [0.3, 0.4) is 0 Å². The first-order valence-electron chi connectivity index (χ1n) is 8.60. The Kier molecular flexibility index (Phi) is 5.81. The normalized spacial score (nSPS) is 16.5. The average Bonchev–Trinajstić information content (AvgIpc) is 2.99. The minimum absolute atomic E-state index is 0.112. The van der Waals surface area contributed by atoms with Crippen molar-refractivity contribution in [3.05, 3.63) is 41.4 Å². The molecular weight excluding hydrogens is 304 g/mol. The molecule has 1 fully saturated rings. The van der Waals surface area contributed by atoms with Gasteiger partial charge in [0.25, 0.3) is 0 Å². The van der Waals surface area contributed by atoms with Crippen molar-refractivity contribution in [2.75, 3.05) is 0 Å². The van der Waals surface area contributed by atoms with Crippen LogP contribution in [0.4, 0.5) is 0 Å². The highest BCUT2D eigenvalue weighted by atomic mass is 32.1. The third kappa shape index (κ3) is 4.90. The molecule has 1 aliphatic carbocycles. The van der Waals surface area contributed by atoms with Crippen LogP contribution in [0.1, 0.15) is 50.6 Å². The van der Waals surface area contributed by atoms with Gasteiger partial charge in [0.15, 0.2) is 0 Å². The molecule has 4 heteroatoms. The number of nitrogens with one attached hydrogen (secondary N) is 1. The first-order valence-corrected chi connectivity index (χ1v) is 9.48. The molecule has 0 aliphatic heterocycles. The van der Waals surface area contributed by atoms with Crippen molar-refractivity contribution in [1.29, 1.82) is 0 Å². The second kappa shape index (κ2) is 8.25. The fourth-order valence-corrected chi connectivity index (χ4v) is 3.97. The molecule has 0 atom stereocenters. The van der Waals surface area contributed by atoms with Gasteiger partial charge in [-0.3, -0.25) is 4.79 Å². The van der Waals surface area contributed by atoms with E-state index in [0.29, 0.717) is 12.5 Å². The fraction of sp³-hybridized carbons (Fsp3) is 0.474. The summed E-state index contributed by atoms with van der Waals surface area (Å²) in [6.07, 6.45) is 9.06. The molecule has 0 radical (unpaired) electrons. The minimum Gasteiger partial charge on any atom is -0.353 e. The largest absolute Gasteiger partial charge is 0.353 e. The molecule has 1 aromatic carbocycles. The summed E-state index contributed by atoms with van der Waals surface area (Å²) in [5.74, 6) is 0.112. The Labute approximate surface area is 142 Å². The molecule has 1 N–H and O–H groups in total. The Hall–Kier alpha value is -1.68. The van der Waals surface area contributed by atoms with Gasteiger partial charge in [0.1, 0.15) is 5.01 Å². The lowest BCUT2D eigenvalue weighted by molar-refractivity contribution is -0.121. The number of hydrogen-bond donors (Lipinski definition) is 1. The van der Waals surface area contributed by atoms with E-state index in [4.69, 9.17) is 0 Å². The van der Waals surface area contributed by atoms with Gasteiger partial charge in [0, 0.05) is 17.0 Å². The van der Waals surface area contributed by atoms with Gasteiger partial charge in [0.2, 0.25) is 5.91 Å². The zero-order valence-corrected chi connectivity index (χ0v) is 14.3. The van der Waals surface area contributed by atoms with Crippen LogP contribution in [0.5, 0.6) is 0 Å². The minimum atomic E-state index is 0.112. The Morgan fingerprint density at radius 3 is 2.52 bits per heavy atom. The van der Waals surface area contributed by atoms with Crippen molar-refractivity contribution < 1.29 is 4.79 Å². The third-order valence-corrected chi connectivity index (χ3v) is 5.32. The van der Waals surface area contributed by atoms with Gasteiger partial charge in [-0.1, -0.05) is 62.4 Å². The number of carbonyl (C=O) groups excluding carboxylic acids is 1. The van der Waals surface area contributed by atoms with E-state index in [9.17, 15) is 4.79 Å².